The van der Waals surface area contributed by atoms with Crippen molar-refractivity contribution in [3.05, 3.63) is 23.2 Å². The van der Waals surface area contributed by atoms with Crippen LogP contribution in [-0.4, -0.2) is 78.6 Å². The van der Waals surface area contributed by atoms with Crippen LogP contribution in [0.15, 0.2) is 18.2 Å². The van der Waals surface area contributed by atoms with E-state index in [9.17, 15) is 19.5 Å². The Morgan fingerprint density at radius 1 is 1.19 bits per heavy atom. The molecule has 0 aliphatic carbocycles. The number of rotatable bonds is 5. The van der Waals surface area contributed by atoms with Crippen molar-refractivity contribution in [3.8, 4) is 0 Å². The molecule has 174 valence electrons. The van der Waals surface area contributed by atoms with E-state index < -0.39 is 11.6 Å². The average molecular weight is 464 g/mol. The molecule has 1 aromatic carbocycles. The third kappa shape index (κ3) is 5.33. The predicted octanol–water partition coefficient (Wildman–Crippen LogP) is 0.710. The molecule has 0 spiro atoms. The Balaban J connectivity index is 1.32. The minimum atomic E-state index is -0.988. The van der Waals surface area contributed by atoms with Gasteiger partial charge < -0.3 is 25.5 Å². The molecule has 32 heavy (non-hydrogen) atoms. The molecule has 3 heterocycles. The van der Waals surface area contributed by atoms with Crippen molar-refractivity contribution in [3.63, 3.8) is 0 Å². The highest BCUT2D eigenvalue weighted by atomic mass is 35.5. The number of carbonyl (C=O) groups is 3. The molecule has 0 radical (unpaired) electrons. The third-order valence-electron chi connectivity index (χ3n) is 6.51. The van der Waals surface area contributed by atoms with Gasteiger partial charge in [0.15, 0.2) is 0 Å². The molecule has 0 aromatic heterocycles. The zero-order chi connectivity index (χ0) is 22.7. The quantitative estimate of drug-likeness (QED) is 0.475. The number of imide groups is 1. The molecule has 0 unspecified atom stereocenters. The van der Waals surface area contributed by atoms with Crippen LogP contribution < -0.4 is 20.9 Å². The van der Waals surface area contributed by atoms with Crippen LogP contribution >= 0.6 is 11.6 Å². The van der Waals surface area contributed by atoms with Gasteiger partial charge in [-0.2, -0.15) is 0 Å². The Morgan fingerprint density at radius 3 is 2.56 bits per heavy atom. The van der Waals surface area contributed by atoms with Crippen LogP contribution in [-0.2, 0) is 14.4 Å². The van der Waals surface area contributed by atoms with Gasteiger partial charge in [-0.1, -0.05) is 11.6 Å². The van der Waals surface area contributed by atoms with Crippen molar-refractivity contribution < 1.29 is 19.5 Å². The second-order valence-electron chi connectivity index (χ2n) is 8.83. The van der Waals surface area contributed by atoms with E-state index in [0.29, 0.717) is 62.6 Å². The number of amides is 3. The van der Waals surface area contributed by atoms with Crippen molar-refractivity contribution in [2.45, 2.75) is 43.7 Å². The van der Waals surface area contributed by atoms with Gasteiger partial charge in [-0.25, -0.2) is 0 Å². The lowest BCUT2D eigenvalue weighted by molar-refractivity contribution is -0.138. The van der Waals surface area contributed by atoms with Crippen LogP contribution in [0, 0.1) is 0 Å². The molecular formula is C22H30ClN5O4. The fourth-order valence-electron chi connectivity index (χ4n) is 4.53. The summed E-state index contributed by atoms with van der Waals surface area (Å²) in [7, 11) is 0. The molecule has 1 atom stereocenters. The second-order valence-corrected chi connectivity index (χ2v) is 9.24. The van der Waals surface area contributed by atoms with Crippen LogP contribution in [0.4, 0.5) is 11.4 Å². The highest BCUT2D eigenvalue weighted by Crippen LogP contribution is 2.34. The Labute approximate surface area is 192 Å². The highest BCUT2D eigenvalue weighted by Gasteiger charge is 2.36. The Hall–Kier alpha value is -2.36. The first-order valence-electron chi connectivity index (χ1n) is 11.2. The van der Waals surface area contributed by atoms with Gasteiger partial charge in [-0.15, -0.1) is 0 Å². The first kappa shape index (κ1) is 22.8. The molecule has 4 rings (SSSR count). The summed E-state index contributed by atoms with van der Waals surface area (Å²) in [6, 6.07) is 5.06. The average Bonchev–Trinajstić information content (AvgIpc) is 2.77. The number of piperazine rings is 1. The summed E-state index contributed by atoms with van der Waals surface area (Å²) < 4.78 is 0. The molecule has 3 aliphatic heterocycles. The maximum atomic E-state index is 12.6. The SMILES string of the molecule is O=C1CC[C@H](Nc2ccc(N3CCC(O)(CC(=O)N4CCNCC4)CC3)c(Cl)c2)C(=O)N1. The van der Waals surface area contributed by atoms with Crippen LogP contribution in [0.5, 0.6) is 0 Å². The molecule has 0 saturated carbocycles. The van der Waals surface area contributed by atoms with Crippen molar-refractivity contribution >= 4 is 40.7 Å². The molecule has 1 aromatic rings. The molecule has 4 N–H and O–H groups in total. The summed E-state index contributed by atoms with van der Waals surface area (Å²) in [6.45, 7) is 4.18. The number of hydrogen-bond donors (Lipinski definition) is 4. The molecule has 3 fully saturated rings. The zero-order valence-electron chi connectivity index (χ0n) is 18.0. The fraction of sp³-hybridized carbons (Fsp3) is 0.591. The van der Waals surface area contributed by atoms with E-state index in [1.807, 2.05) is 17.0 Å². The van der Waals surface area contributed by atoms with Crippen molar-refractivity contribution in [1.82, 2.24) is 15.5 Å². The second kappa shape index (κ2) is 9.64. The summed E-state index contributed by atoms with van der Waals surface area (Å²) in [5.41, 5.74) is 0.581. The highest BCUT2D eigenvalue weighted by molar-refractivity contribution is 6.33. The van der Waals surface area contributed by atoms with E-state index in [-0.39, 0.29) is 24.1 Å². The Bertz CT molecular complexity index is 881. The van der Waals surface area contributed by atoms with Crippen molar-refractivity contribution in [2.75, 3.05) is 49.5 Å². The van der Waals surface area contributed by atoms with E-state index >= 15 is 0 Å². The van der Waals surface area contributed by atoms with E-state index in [4.69, 9.17) is 11.6 Å². The number of nitrogens with zero attached hydrogens (tertiary/aromatic N) is 2. The number of nitrogens with one attached hydrogen (secondary N) is 3. The summed E-state index contributed by atoms with van der Waals surface area (Å²) in [4.78, 5) is 39.8. The smallest absolute Gasteiger partial charge is 0.249 e. The standard InChI is InChI=1S/C22H30ClN5O4/c23-16-13-15(25-17-2-4-19(29)26-21(17)31)1-3-18(16)27-9-5-22(32,6-10-27)14-20(30)28-11-7-24-8-12-28/h1,3,13,17,24-25,32H,2,4-12,14H2,(H,26,29,31)/t17-/m0/s1. The van der Waals surface area contributed by atoms with Crippen LogP contribution in [0.3, 0.4) is 0 Å². The van der Waals surface area contributed by atoms with Crippen LogP contribution in [0.1, 0.15) is 32.1 Å². The van der Waals surface area contributed by atoms with Gasteiger partial charge in [0.25, 0.3) is 0 Å². The summed E-state index contributed by atoms with van der Waals surface area (Å²) in [6.07, 6.45) is 1.91. The zero-order valence-corrected chi connectivity index (χ0v) is 18.8. The van der Waals surface area contributed by atoms with Gasteiger partial charge in [0, 0.05) is 51.4 Å². The Morgan fingerprint density at radius 2 is 1.91 bits per heavy atom. The third-order valence-corrected chi connectivity index (χ3v) is 6.82. The Kier molecular flexibility index (Phi) is 6.88. The largest absolute Gasteiger partial charge is 0.389 e. The van der Waals surface area contributed by atoms with Gasteiger partial charge in [0.2, 0.25) is 17.7 Å². The van der Waals surface area contributed by atoms with Crippen molar-refractivity contribution in [2.24, 2.45) is 0 Å². The fourth-order valence-corrected chi connectivity index (χ4v) is 4.83. The maximum Gasteiger partial charge on any atom is 0.249 e. The molecule has 3 saturated heterocycles. The van der Waals surface area contributed by atoms with Gasteiger partial charge in [0.05, 0.1) is 22.7 Å². The molecule has 0 bridgehead atoms. The van der Waals surface area contributed by atoms with Crippen LogP contribution in [0.25, 0.3) is 0 Å². The minimum absolute atomic E-state index is 0.0179. The topological polar surface area (TPSA) is 114 Å². The number of halogens is 1. The number of hydrogen-bond acceptors (Lipinski definition) is 7. The van der Waals surface area contributed by atoms with Gasteiger partial charge in [-0.3, -0.25) is 19.7 Å². The first-order chi connectivity index (χ1) is 15.3. The first-order valence-corrected chi connectivity index (χ1v) is 11.6. The van der Waals surface area contributed by atoms with Crippen LogP contribution in [0.2, 0.25) is 5.02 Å². The molecular weight excluding hydrogens is 434 g/mol. The minimum Gasteiger partial charge on any atom is -0.389 e. The number of carbonyl (C=O) groups excluding carboxylic acids is 3. The molecule has 3 amide bonds. The maximum absolute atomic E-state index is 12.6. The van der Waals surface area contributed by atoms with E-state index in [2.05, 4.69) is 20.9 Å². The lowest BCUT2D eigenvalue weighted by Gasteiger charge is -2.40. The van der Waals surface area contributed by atoms with Gasteiger partial charge in [0.1, 0.15) is 6.04 Å². The predicted molar refractivity (Wildman–Crippen MR) is 122 cm³/mol. The molecule has 10 heteroatoms. The molecule has 3 aliphatic rings. The molecule has 9 nitrogen and oxygen atoms in total. The lowest BCUT2D eigenvalue weighted by Crippen LogP contribution is -2.51. The van der Waals surface area contributed by atoms with Crippen molar-refractivity contribution in [1.29, 1.82) is 0 Å². The number of piperidine rings is 2. The van der Waals surface area contributed by atoms with E-state index in [0.717, 1.165) is 18.8 Å². The number of benzene rings is 1. The van der Waals surface area contributed by atoms with Gasteiger partial charge >= 0.3 is 0 Å². The summed E-state index contributed by atoms with van der Waals surface area (Å²) in [5, 5.41) is 20.2. The van der Waals surface area contributed by atoms with E-state index in [1.54, 1.807) is 6.07 Å². The lowest BCUT2D eigenvalue weighted by atomic mass is 9.87. The summed E-state index contributed by atoms with van der Waals surface area (Å²) in [5.74, 6) is -0.558. The number of aliphatic hydroxyl groups is 1. The summed E-state index contributed by atoms with van der Waals surface area (Å²) >= 11 is 6.53. The van der Waals surface area contributed by atoms with E-state index in [1.165, 1.54) is 0 Å². The monoisotopic (exact) mass is 463 g/mol. The van der Waals surface area contributed by atoms with Gasteiger partial charge in [-0.05, 0) is 37.5 Å². The normalized spacial score (nSPS) is 23.6. The number of anilines is 2.